The third-order valence-corrected chi connectivity index (χ3v) is 6.51. The van der Waals surface area contributed by atoms with Crippen LogP contribution in [0.1, 0.15) is 59.3 Å². The number of carbonyl (C=O) groups is 1. The maximum absolute atomic E-state index is 12.1. The van der Waals surface area contributed by atoms with E-state index in [1.54, 1.807) is 19.0 Å². The van der Waals surface area contributed by atoms with Crippen molar-refractivity contribution < 1.29 is 9.53 Å². The number of guanidine groups is 1. The summed E-state index contributed by atoms with van der Waals surface area (Å²) in [4.78, 5) is 20.8. The van der Waals surface area contributed by atoms with Gasteiger partial charge in [-0.1, -0.05) is 33.6 Å². The molecule has 0 aromatic rings. The molecule has 2 fully saturated rings. The molecule has 7 nitrogen and oxygen atoms in total. The third-order valence-electron chi connectivity index (χ3n) is 6.51. The van der Waals surface area contributed by atoms with Gasteiger partial charge in [-0.25, -0.2) is 4.99 Å². The normalized spacial score (nSPS) is 26.0. The van der Waals surface area contributed by atoms with Crippen molar-refractivity contribution in [3.8, 4) is 0 Å². The molecule has 2 rings (SSSR count). The number of nitrogens with zero attached hydrogens (tertiary/aromatic N) is 3. The van der Waals surface area contributed by atoms with Crippen LogP contribution in [0.3, 0.4) is 0 Å². The lowest BCUT2D eigenvalue weighted by molar-refractivity contribution is -0.127. The van der Waals surface area contributed by atoms with Crippen LogP contribution in [-0.2, 0) is 9.53 Å². The van der Waals surface area contributed by atoms with E-state index in [0.29, 0.717) is 24.1 Å². The molecule has 7 heteroatoms. The molecule has 2 saturated heterocycles. The minimum absolute atomic E-state index is 0.0176. The molecule has 0 bridgehead atoms. The van der Waals surface area contributed by atoms with Crippen molar-refractivity contribution in [2.45, 2.75) is 77.5 Å². The Kier molecular flexibility index (Phi) is 10.2. The van der Waals surface area contributed by atoms with Crippen molar-refractivity contribution in [3.05, 3.63) is 0 Å². The Morgan fingerprint density at radius 2 is 2.00 bits per heavy atom. The molecule has 3 atom stereocenters. The maximum Gasteiger partial charge on any atom is 0.243 e. The molecule has 0 aliphatic carbocycles. The lowest BCUT2D eigenvalue weighted by Gasteiger charge is -2.35. The highest BCUT2D eigenvalue weighted by molar-refractivity contribution is 5.85. The van der Waals surface area contributed by atoms with E-state index in [4.69, 9.17) is 4.74 Å². The van der Waals surface area contributed by atoms with E-state index in [1.165, 1.54) is 19.4 Å². The highest BCUT2D eigenvalue weighted by Gasteiger charge is 2.29. The first-order valence-electron chi connectivity index (χ1n) is 11.6. The number of amides is 1. The van der Waals surface area contributed by atoms with Crippen LogP contribution in [0, 0.1) is 5.92 Å². The third kappa shape index (κ3) is 7.45. The molecular formula is C22H43N5O2. The number of carbonyl (C=O) groups excluding carboxylic acids is 1. The molecule has 168 valence electrons. The van der Waals surface area contributed by atoms with Crippen LogP contribution in [-0.4, -0.2) is 86.7 Å². The first kappa shape index (κ1) is 23.9. The number of ether oxygens (including phenoxy) is 1. The van der Waals surface area contributed by atoms with Crippen LogP contribution in [0.15, 0.2) is 4.99 Å². The zero-order valence-electron chi connectivity index (χ0n) is 19.2. The van der Waals surface area contributed by atoms with E-state index in [2.05, 4.69) is 41.3 Å². The number of rotatable bonds is 9. The van der Waals surface area contributed by atoms with Gasteiger partial charge in [0.2, 0.25) is 5.91 Å². The molecule has 2 N–H and O–H groups in total. The van der Waals surface area contributed by atoms with Crippen LogP contribution in [0.4, 0.5) is 0 Å². The average molecular weight is 410 g/mol. The van der Waals surface area contributed by atoms with Crippen LogP contribution in [0.5, 0.6) is 0 Å². The minimum Gasteiger partial charge on any atom is -0.378 e. The van der Waals surface area contributed by atoms with Gasteiger partial charge in [-0.3, -0.25) is 9.69 Å². The Labute approximate surface area is 177 Å². The highest BCUT2D eigenvalue weighted by atomic mass is 16.5. The lowest BCUT2D eigenvalue weighted by Crippen LogP contribution is -2.51. The molecule has 0 radical (unpaired) electrons. The smallest absolute Gasteiger partial charge is 0.243 e. The summed E-state index contributed by atoms with van der Waals surface area (Å²) in [6, 6.07) is 0.879. The Balaban J connectivity index is 1.98. The van der Waals surface area contributed by atoms with Crippen molar-refractivity contribution in [1.29, 1.82) is 0 Å². The number of nitrogens with one attached hydrogen (secondary N) is 2. The van der Waals surface area contributed by atoms with Crippen LogP contribution < -0.4 is 10.6 Å². The van der Waals surface area contributed by atoms with Crippen LogP contribution >= 0.6 is 0 Å². The molecule has 0 spiro atoms. The van der Waals surface area contributed by atoms with Gasteiger partial charge in [-0.2, -0.15) is 0 Å². The molecule has 0 aromatic heterocycles. The van der Waals surface area contributed by atoms with E-state index in [-0.39, 0.29) is 12.5 Å². The molecule has 29 heavy (non-hydrogen) atoms. The summed E-state index contributed by atoms with van der Waals surface area (Å²) in [5, 5.41) is 7.13. The van der Waals surface area contributed by atoms with E-state index in [9.17, 15) is 4.79 Å². The molecule has 0 saturated carbocycles. The maximum atomic E-state index is 12.1. The predicted octanol–water partition coefficient (Wildman–Crippen LogP) is 2.08. The van der Waals surface area contributed by atoms with Gasteiger partial charge in [0.15, 0.2) is 5.96 Å². The first-order valence-corrected chi connectivity index (χ1v) is 11.6. The molecule has 3 unspecified atom stereocenters. The van der Waals surface area contributed by atoms with Gasteiger partial charge in [0.25, 0.3) is 0 Å². The van der Waals surface area contributed by atoms with Crippen molar-refractivity contribution in [2.24, 2.45) is 10.9 Å². The number of hydrogen-bond donors (Lipinski definition) is 2. The van der Waals surface area contributed by atoms with E-state index >= 15 is 0 Å². The quantitative estimate of drug-likeness (QED) is 0.451. The van der Waals surface area contributed by atoms with Gasteiger partial charge >= 0.3 is 0 Å². The fourth-order valence-corrected chi connectivity index (χ4v) is 4.49. The average Bonchev–Trinajstić information content (AvgIpc) is 3.18. The summed E-state index contributed by atoms with van der Waals surface area (Å²) < 4.78 is 6.07. The summed E-state index contributed by atoms with van der Waals surface area (Å²) in [7, 11) is 3.55. The van der Waals surface area contributed by atoms with Gasteiger partial charge in [0.1, 0.15) is 6.54 Å². The molecule has 2 aliphatic heterocycles. The largest absolute Gasteiger partial charge is 0.378 e. The van der Waals surface area contributed by atoms with Crippen molar-refractivity contribution in [2.75, 3.05) is 46.9 Å². The zero-order chi connectivity index (χ0) is 21.2. The van der Waals surface area contributed by atoms with Crippen molar-refractivity contribution >= 4 is 11.9 Å². The molecule has 2 heterocycles. The summed E-state index contributed by atoms with van der Waals surface area (Å²) in [5.41, 5.74) is 0. The Morgan fingerprint density at radius 3 is 2.66 bits per heavy atom. The van der Waals surface area contributed by atoms with E-state index < -0.39 is 0 Å². The summed E-state index contributed by atoms with van der Waals surface area (Å²) in [6.07, 6.45) is 7.07. The Bertz CT molecular complexity index is 521. The second kappa shape index (κ2) is 12.4. The fourth-order valence-electron chi connectivity index (χ4n) is 4.49. The molecule has 1 amide bonds. The fraction of sp³-hybridized carbons (Fsp3) is 0.909. The van der Waals surface area contributed by atoms with E-state index in [0.717, 1.165) is 51.3 Å². The lowest BCUT2D eigenvalue weighted by atomic mass is 9.89. The second-order valence-corrected chi connectivity index (χ2v) is 8.61. The zero-order valence-corrected chi connectivity index (χ0v) is 19.2. The monoisotopic (exact) mass is 409 g/mol. The van der Waals surface area contributed by atoms with Gasteiger partial charge < -0.3 is 20.3 Å². The standard InChI is InChI=1S/C22H43N5O2/c1-6-17(7-2)20-14-18(11-13-29-20)25-22(24-16-21(28)26(4)5)23-15-19-10-9-12-27(19)8-3/h17-20H,6-16H2,1-5H3,(H2,23,24,25). The van der Waals surface area contributed by atoms with Gasteiger partial charge in [-0.05, 0) is 44.7 Å². The number of likely N-dealkylation sites (tertiary alicyclic amines) is 1. The first-order chi connectivity index (χ1) is 14.0. The number of hydrogen-bond acceptors (Lipinski definition) is 4. The topological polar surface area (TPSA) is 69.2 Å². The van der Waals surface area contributed by atoms with Crippen molar-refractivity contribution in [3.63, 3.8) is 0 Å². The number of aliphatic imine (C=N–C) groups is 1. The van der Waals surface area contributed by atoms with E-state index in [1.807, 2.05) is 0 Å². The highest BCUT2D eigenvalue weighted by Crippen LogP contribution is 2.25. The second-order valence-electron chi connectivity index (χ2n) is 8.61. The van der Waals surface area contributed by atoms with Gasteiger partial charge in [0.05, 0.1) is 6.10 Å². The molecular weight excluding hydrogens is 366 g/mol. The summed E-state index contributed by atoms with van der Waals surface area (Å²) in [6.45, 7) is 10.8. The summed E-state index contributed by atoms with van der Waals surface area (Å²) in [5.74, 6) is 1.39. The minimum atomic E-state index is 0.0176. The van der Waals surface area contributed by atoms with Crippen LogP contribution in [0.2, 0.25) is 0 Å². The Morgan fingerprint density at radius 1 is 1.24 bits per heavy atom. The molecule has 2 aliphatic rings. The summed E-state index contributed by atoms with van der Waals surface area (Å²) >= 11 is 0. The van der Waals surface area contributed by atoms with Gasteiger partial charge in [-0.15, -0.1) is 0 Å². The molecule has 0 aromatic carbocycles. The van der Waals surface area contributed by atoms with Crippen LogP contribution in [0.25, 0.3) is 0 Å². The number of likely N-dealkylation sites (N-methyl/N-ethyl adjacent to an activating group) is 2. The van der Waals surface area contributed by atoms with Crippen molar-refractivity contribution in [1.82, 2.24) is 20.4 Å². The Hall–Kier alpha value is -1.34. The van der Waals surface area contributed by atoms with Gasteiger partial charge in [0, 0.05) is 39.3 Å². The SMILES string of the molecule is CCC(CC)C1CC(NC(=NCC(=O)N(C)C)NCC2CCCN2CC)CCO1. The predicted molar refractivity (Wildman–Crippen MR) is 119 cm³/mol.